The number of benzene rings is 1. The van der Waals surface area contributed by atoms with E-state index in [0.29, 0.717) is 0 Å². The Hall–Kier alpha value is -1.37. The lowest BCUT2D eigenvalue weighted by Gasteiger charge is -2.04. The summed E-state index contributed by atoms with van der Waals surface area (Å²) in [5.74, 6) is 0. The van der Waals surface area contributed by atoms with Gasteiger partial charge >= 0.3 is 0 Å². The number of aromatic nitrogens is 1. The summed E-state index contributed by atoms with van der Waals surface area (Å²) in [7, 11) is 0. The molecule has 0 saturated heterocycles. The van der Waals surface area contributed by atoms with Gasteiger partial charge in [0, 0.05) is 17.8 Å². The molecule has 0 bridgehead atoms. The highest BCUT2D eigenvalue weighted by atomic mass is 14.6. The van der Waals surface area contributed by atoms with Gasteiger partial charge in [-0.2, -0.15) is 0 Å². The number of fused-ring (bicyclic) bond motifs is 1. The third-order valence-corrected chi connectivity index (χ3v) is 3.52. The zero-order valence-electron chi connectivity index (χ0n) is 11.4. The zero-order valence-corrected chi connectivity index (χ0v) is 11.4. The predicted molar refractivity (Wildman–Crippen MR) is 78.8 cm³/mol. The second-order valence-electron chi connectivity index (χ2n) is 5.07. The second-order valence-corrected chi connectivity index (χ2v) is 5.07. The van der Waals surface area contributed by atoms with Crippen LogP contribution in [0.2, 0.25) is 0 Å². The molecule has 1 heterocycles. The van der Waals surface area contributed by atoms with Crippen molar-refractivity contribution in [3.05, 3.63) is 42.2 Å². The molecule has 1 heteroatoms. The van der Waals surface area contributed by atoms with Gasteiger partial charge in [0.25, 0.3) is 0 Å². The summed E-state index contributed by atoms with van der Waals surface area (Å²) < 4.78 is 0. The smallest absolute Gasteiger partial charge is 0.0346 e. The Morgan fingerprint density at radius 3 is 2.61 bits per heavy atom. The van der Waals surface area contributed by atoms with E-state index in [0.717, 1.165) is 0 Å². The molecule has 96 valence electrons. The van der Waals surface area contributed by atoms with Crippen molar-refractivity contribution in [1.82, 2.24) is 4.98 Å². The van der Waals surface area contributed by atoms with Crippen LogP contribution in [0, 0.1) is 0 Å². The molecule has 2 rings (SSSR count). The van der Waals surface area contributed by atoms with Crippen LogP contribution in [0.1, 0.15) is 51.0 Å². The molecule has 0 amide bonds. The fourth-order valence-electron chi connectivity index (χ4n) is 2.40. The normalized spacial score (nSPS) is 10.9. The average molecular weight is 241 g/mol. The quantitative estimate of drug-likeness (QED) is 0.612. The number of hydrogen-bond acceptors (Lipinski definition) is 1. The predicted octanol–water partition coefficient (Wildman–Crippen LogP) is 5.14. The van der Waals surface area contributed by atoms with Gasteiger partial charge in [-0.15, -0.1) is 0 Å². The Labute approximate surface area is 110 Å². The summed E-state index contributed by atoms with van der Waals surface area (Å²) in [6.45, 7) is 2.27. The lowest BCUT2D eigenvalue weighted by Crippen LogP contribution is -1.87. The molecule has 0 saturated carbocycles. The molecule has 0 aliphatic rings. The molecule has 1 aromatic carbocycles. The minimum atomic E-state index is 1.21. The minimum Gasteiger partial charge on any atom is -0.264 e. The Balaban J connectivity index is 1.81. The summed E-state index contributed by atoms with van der Waals surface area (Å²) in [6, 6.07) is 8.84. The number of aryl methyl sites for hydroxylation is 1. The molecule has 0 atom stereocenters. The highest BCUT2D eigenvalue weighted by Gasteiger charge is 1.97. The van der Waals surface area contributed by atoms with Crippen molar-refractivity contribution in [1.29, 1.82) is 0 Å². The third-order valence-electron chi connectivity index (χ3n) is 3.52. The number of nitrogens with zero attached hydrogens (tertiary/aromatic N) is 1. The van der Waals surface area contributed by atoms with Crippen molar-refractivity contribution < 1.29 is 0 Å². The number of hydrogen-bond donors (Lipinski definition) is 0. The van der Waals surface area contributed by atoms with Gasteiger partial charge in [0.05, 0.1) is 0 Å². The van der Waals surface area contributed by atoms with Gasteiger partial charge in [0.1, 0.15) is 0 Å². The van der Waals surface area contributed by atoms with Crippen LogP contribution in [0.15, 0.2) is 36.7 Å². The Kier molecular flexibility index (Phi) is 5.19. The van der Waals surface area contributed by atoms with E-state index in [-0.39, 0.29) is 0 Å². The van der Waals surface area contributed by atoms with Gasteiger partial charge in [-0.25, -0.2) is 0 Å². The average Bonchev–Trinajstić information content (AvgIpc) is 2.42. The molecule has 2 aromatic rings. The molecule has 0 radical (unpaired) electrons. The molecule has 18 heavy (non-hydrogen) atoms. The van der Waals surface area contributed by atoms with Crippen LogP contribution in [0.5, 0.6) is 0 Å². The molecule has 0 N–H and O–H groups in total. The summed E-state index contributed by atoms with van der Waals surface area (Å²) in [5.41, 5.74) is 1.46. The van der Waals surface area contributed by atoms with Crippen LogP contribution in [0.3, 0.4) is 0 Å². The van der Waals surface area contributed by atoms with Crippen molar-refractivity contribution in [2.45, 2.75) is 51.9 Å². The monoisotopic (exact) mass is 241 g/mol. The van der Waals surface area contributed by atoms with E-state index in [1.54, 1.807) is 0 Å². The number of rotatable bonds is 7. The van der Waals surface area contributed by atoms with E-state index >= 15 is 0 Å². The fourth-order valence-corrected chi connectivity index (χ4v) is 2.40. The van der Waals surface area contributed by atoms with Gasteiger partial charge < -0.3 is 0 Å². The van der Waals surface area contributed by atoms with Crippen molar-refractivity contribution in [2.24, 2.45) is 0 Å². The van der Waals surface area contributed by atoms with E-state index in [1.165, 1.54) is 61.3 Å². The van der Waals surface area contributed by atoms with Crippen LogP contribution < -0.4 is 0 Å². The van der Waals surface area contributed by atoms with Gasteiger partial charge in [0.15, 0.2) is 0 Å². The Morgan fingerprint density at radius 1 is 0.889 bits per heavy atom. The molecule has 0 unspecified atom stereocenters. The van der Waals surface area contributed by atoms with Crippen LogP contribution in [0.25, 0.3) is 10.8 Å². The van der Waals surface area contributed by atoms with E-state index in [4.69, 9.17) is 0 Å². The van der Waals surface area contributed by atoms with Crippen LogP contribution in [-0.2, 0) is 6.42 Å². The lowest BCUT2D eigenvalue weighted by molar-refractivity contribution is 0.607. The highest BCUT2D eigenvalue weighted by molar-refractivity contribution is 5.81. The van der Waals surface area contributed by atoms with Gasteiger partial charge in [-0.3, -0.25) is 4.98 Å². The summed E-state index contributed by atoms with van der Waals surface area (Å²) in [5, 5.41) is 2.55. The van der Waals surface area contributed by atoms with Crippen LogP contribution in [-0.4, -0.2) is 4.98 Å². The van der Waals surface area contributed by atoms with Crippen molar-refractivity contribution >= 4 is 10.8 Å². The molecule has 1 nitrogen and oxygen atoms in total. The number of pyridine rings is 1. The molecule has 0 spiro atoms. The topological polar surface area (TPSA) is 12.9 Å². The first kappa shape index (κ1) is 13.1. The minimum absolute atomic E-state index is 1.21. The van der Waals surface area contributed by atoms with Gasteiger partial charge in [-0.05, 0) is 29.9 Å². The van der Waals surface area contributed by atoms with Crippen LogP contribution in [0.4, 0.5) is 0 Å². The lowest BCUT2D eigenvalue weighted by atomic mass is 10.0. The largest absolute Gasteiger partial charge is 0.264 e. The summed E-state index contributed by atoms with van der Waals surface area (Å²) in [4.78, 5) is 4.15. The van der Waals surface area contributed by atoms with E-state index < -0.39 is 0 Å². The first-order valence-electron chi connectivity index (χ1n) is 7.23. The highest BCUT2D eigenvalue weighted by Crippen LogP contribution is 2.16. The molecular formula is C17H23N. The molecule has 0 aliphatic heterocycles. The second kappa shape index (κ2) is 7.15. The number of unbranched alkanes of at least 4 members (excludes halogenated alkanes) is 5. The van der Waals surface area contributed by atoms with E-state index in [9.17, 15) is 0 Å². The Bertz CT molecular complexity index is 476. The van der Waals surface area contributed by atoms with Gasteiger partial charge in [0.2, 0.25) is 0 Å². The SMILES string of the molecule is CCCCCCCCc1ccc2cnccc2c1. The van der Waals surface area contributed by atoms with Crippen molar-refractivity contribution in [3.63, 3.8) is 0 Å². The Morgan fingerprint density at radius 2 is 1.72 bits per heavy atom. The maximum absolute atomic E-state index is 4.15. The molecule has 0 fully saturated rings. The van der Waals surface area contributed by atoms with Crippen molar-refractivity contribution in [2.75, 3.05) is 0 Å². The molecule has 0 aliphatic carbocycles. The first-order chi connectivity index (χ1) is 8.90. The fraction of sp³-hybridized carbons (Fsp3) is 0.471. The first-order valence-corrected chi connectivity index (χ1v) is 7.23. The van der Waals surface area contributed by atoms with E-state index in [2.05, 4.69) is 36.2 Å². The summed E-state index contributed by atoms with van der Waals surface area (Å²) in [6.07, 6.45) is 13.2. The zero-order chi connectivity index (χ0) is 12.6. The molecule has 1 aromatic heterocycles. The van der Waals surface area contributed by atoms with Crippen molar-refractivity contribution in [3.8, 4) is 0 Å². The summed E-state index contributed by atoms with van der Waals surface area (Å²) >= 11 is 0. The maximum atomic E-state index is 4.15. The maximum Gasteiger partial charge on any atom is 0.0346 e. The third kappa shape index (κ3) is 3.83. The van der Waals surface area contributed by atoms with Gasteiger partial charge in [-0.1, -0.05) is 57.2 Å². The standard InChI is InChI=1S/C17H23N/c1-2-3-4-5-6-7-8-15-9-10-17-14-18-12-11-16(17)13-15/h9-14H,2-8H2,1H3. The molecular weight excluding hydrogens is 218 g/mol. The van der Waals surface area contributed by atoms with E-state index in [1.807, 2.05) is 12.4 Å². The van der Waals surface area contributed by atoms with Crippen LogP contribution >= 0.6 is 0 Å².